The van der Waals surface area contributed by atoms with Gasteiger partial charge in [0, 0.05) is 0 Å². The SMILES string of the molecule is [Cl][GeH]1[CH2]CC[CH2]1. The third kappa shape index (κ3) is 1.16. The maximum atomic E-state index is 5.90. The average Bonchev–Trinajstić information content (AvgIpc) is 1.86. The van der Waals surface area contributed by atoms with Crippen molar-refractivity contribution in [2.45, 2.75) is 23.3 Å². The van der Waals surface area contributed by atoms with Crippen molar-refractivity contribution in [2.75, 3.05) is 0 Å². The van der Waals surface area contributed by atoms with Crippen molar-refractivity contribution in [1.82, 2.24) is 0 Å². The van der Waals surface area contributed by atoms with E-state index in [1.54, 1.807) is 0 Å². The third-order valence-corrected chi connectivity index (χ3v) is 7.89. The van der Waals surface area contributed by atoms with E-state index in [2.05, 4.69) is 0 Å². The first-order valence-electron chi connectivity index (χ1n) is 2.53. The molecular formula is C4H9ClGe. The van der Waals surface area contributed by atoms with Crippen molar-refractivity contribution in [3.63, 3.8) is 0 Å². The van der Waals surface area contributed by atoms with Gasteiger partial charge in [-0.3, -0.25) is 0 Å². The van der Waals surface area contributed by atoms with E-state index in [0.717, 1.165) is 0 Å². The summed E-state index contributed by atoms with van der Waals surface area (Å²) in [7, 11) is 5.90. The Morgan fingerprint density at radius 3 is 1.83 bits per heavy atom. The Morgan fingerprint density at radius 2 is 1.67 bits per heavy atom. The molecule has 0 bridgehead atoms. The van der Waals surface area contributed by atoms with Crippen molar-refractivity contribution in [2.24, 2.45) is 0 Å². The summed E-state index contributed by atoms with van der Waals surface area (Å²) in [6.07, 6.45) is 2.88. The molecule has 0 N–H and O–H groups in total. The van der Waals surface area contributed by atoms with E-state index < -0.39 is 13.4 Å². The summed E-state index contributed by atoms with van der Waals surface area (Å²) in [6.45, 7) is 0. The van der Waals surface area contributed by atoms with Crippen LogP contribution in [0.2, 0.25) is 10.5 Å². The molecule has 1 aliphatic rings. The molecule has 0 aromatic heterocycles. The molecule has 0 unspecified atom stereocenters. The van der Waals surface area contributed by atoms with Gasteiger partial charge in [0.25, 0.3) is 0 Å². The van der Waals surface area contributed by atoms with Gasteiger partial charge in [-0.2, -0.15) is 0 Å². The minimum absolute atomic E-state index is 0.961. The molecule has 1 rings (SSSR count). The molecule has 0 aromatic rings. The zero-order valence-electron chi connectivity index (χ0n) is 3.78. The summed E-state index contributed by atoms with van der Waals surface area (Å²) in [5.74, 6) is 0. The molecule has 36 valence electrons. The Hall–Kier alpha value is 0.833. The first-order valence-corrected chi connectivity index (χ1v) is 9.14. The molecule has 0 saturated carbocycles. The molecule has 0 amide bonds. The average molecular weight is 165 g/mol. The molecule has 0 radical (unpaired) electrons. The molecule has 0 nitrogen and oxygen atoms in total. The monoisotopic (exact) mass is 166 g/mol. The first-order chi connectivity index (χ1) is 2.89. The van der Waals surface area contributed by atoms with Crippen LogP contribution in [-0.2, 0) is 0 Å². The summed E-state index contributed by atoms with van der Waals surface area (Å²) < 4.78 is 0. The maximum absolute atomic E-state index is 5.90. The van der Waals surface area contributed by atoms with Crippen LogP contribution in [0.5, 0.6) is 0 Å². The third-order valence-electron chi connectivity index (χ3n) is 1.28. The molecule has 0 spiro atoms. The van der Waals surface area contributed by atoms with E-state index in [1.807, 2.05) is 0 Å². The summed E-state index contributed by atoms with van der Waals surface area (Å²) in [6, 6.07) is 0. The fraction of sp³-hybridized carbons (Fsp3) is 1.00. The van der Waals surface area contributed by atoms with Gasteiger partial charge >= 0.3 is 46.8 Å². The van der Waals surface area contributed by atoms with Crippen molar-refractivity contribution in [3.8, 4) is 0 Å². The first kappa shape index (κ1) is 4.98. The summed E-state index contributed by atoms with van der Waals surface area (Å²) in [4.78, 5) is 0. The van der Waals surface area contributed by atoms with E-state index in [1.165, 1.54) is 23.3 Å². The fourth-order valence-corrected chi connectivity index (χ4v) is 6.16. The van der Waals surface area contributed by atoms with Crippen LogP contribution < -0.4 is 0 Å². The van der Waals surface area contributed by atoms with Crippen molar-refractivity contribution in [1.29, 1.82) is 0 Å². The van der Waals surface area contributed by atoms with Gasteiger partial charge < -0.3 is 0 Å². The summed E-state index contributed by atoms with van der Waals surface area (Å²) >= 11 is -0.961. The van der Waals surface area contributed by atoms with Gasteiger partial charge in [0.15, 0.2) is 0 Å². The van der Waals surface area contributed by atoms with E-state index in [0.29, 0.717) is 0 Å². The predicted octanol–water partition coefficient (Wildman–Crippen LogP) is 1.74. The molecule has 0 aliphatic carbocycles. The van der Waals surface area contributed by atoms with Crippen LogP contribution in [0.15, 0.2) is 0 Å². The number of halogens is 1. The van der Waals surface area contributed by atoms with E-state index >= 15 is 0 Å². The van der Waals surface area contributed by atoms with Gasteiger partial charge in [0.2, 0.25) is 0 Å². The quantitative estimate of drug-likeness (QED) is 0.480. The van der Waals surface area contributed by atoms with Gasteiger partial charge in [-0.1, -0.05) is 0 Å². The predicted molar refractivity (Wildman–Crippen MR) is 31.8 cm³/mol. The number of rotatable bonds is 0. The second-order valence-corrected chi connectivity index (χ2v) is 10.0. The van der Waals surface area contributed by atoms with Crippen LogP contribution in [0.3, 0.4) is 0 Å². The Labute approximate surface area is 47.2 Å². The zero-order chi connectivity index (χ0) is 4.41. The molecule has 6 heavy (non-hydrogen) atoms. The van der Waals surface area contributed by atoms with Crippen LogP contribution >= 0.6 is 10.0 Å². The van der Waals surface area contributed by atoms with Crippen LogP contribution in [0.1, 0.15) is 12.8 Å². The molecule has 1 aliphatic heterocycles. The van der Waals surface area contributed by atoms with E-state index in [4.69, 9.17) is 10.0 Å². The van der Waals surface area contributed by atoms with Gasteiger partial charge in [-0.15, -0.1) is 0 Å². The van der Waals surface area contributed by atoms with E-state index in [9.17, 15) is 0 Å². The topological polar surface area (TPSA) is 0 Å². The molecule has 2 heteroatoms. The van der Waals surface area contributed by atoms with Gasteiger partial charge in [-0.05, 0) is 0 Å². The number of hydrogen-bond donors (Lipinski definition) is 0. The summed E-state index contributed by atoms with van der Waals surface area (Å²) in [5, 5.41) is 2.88. The summed E-state index contributed by atoms with van der Waals surface area (Å²) in [5.41, 5.74) is 0. The second kappa shape index (κ2) is 2.22. The Balaban J connectivity index is 2.18. The van der Waals surface area contributed by atoms with Gasteiger partial charge in [-0.25, -0.2) is 0 Å². The van der Waals surface area contributed by atoms with Gasteiger partial charge in [0.05, 0.1) is 0 Å². The van der Waals surface area contributed by atoms with Crippen molar-refractivity contribution >= 4 is 23.4 Å². The van der Waals surface area contributed by atoms with Crippen molar-refractivity contribution < 1.29 is 0 Å². The molecule has 0 atom stereocenters. The van der Waals surface area contributed by atoms with Crippen LogP contribution in [0.25, 0.3) is 0 Å². The van der Waals surface area contributed by atoms with Crippen LogP contribution in [-0.4, -0.2) is 13.4 Å². The molecule has 1 saturated heterocycles. The molecule has 1 fully saturated rings. The van der Waals surface area contributed by atoms with Crippen LogP contribution in [0.4, 0.5) is 0 Å². The molecule has 1 heterocycles. The minimum atomic E-state index is -0.961. The fourth-order valence-electron chi connectivity index (χ4n) is 0.876. The standard InChI is InChI=1S/C4H9ClGe/c5-6-3-1-2-4-6/h6H,1-4H2. The van der Waals surface area contributed by atoms with Crippen LogP contribution in [0, 0.1) is 0 Å². The Kier molecular flexibility index (Phi) is 1.84. The second-order valence-electron chi connectivity index (χ2n) is 1.88. The zero-order valence-corrected chi connectivity index (χ0v) is 6.96. The molecule has 0 aromatic carbocycles. The Morgan fingerprint density at radius 1 is 1.17 bits per heavy atom. The normalized spacial score (nSPS) is 25.5. The van der Waals surface area contributed by atoms with Gasteiger partial charge in [0.1, 0.15) is 0 Å². The number of hydrogen-bond acceptors (Lipinski definition) is 0. The van der Waals surface area contributed by atoms with Crippen molar-refractivity contribution in [3.05, 3.63) is 0 Å². The van der Waals surface area contributed by atoms with E-state index in [-0.39, 0.29) is 0 Å². The molecular weight excluding hydrogens is 156 g/mol. The Bertz CT molecular complexity index is 40.8.